The van der Waals surface area contributed by atoms with E-state index in [1.807, 2.05) is 72.8 Å². The molecule has 1 amide bonds. The Bertz CT molecular complexity index is 1360. The first-order chi connectivity index (χ1) is 16.5. The van der Waals surface area contributed by atoms with Gasteiger partial charge in [0.1, 0.15) is 11.8 Å². The van der Waals surface area contributed by atoms with Gasteiger partial charge in [-0.15, -0.1) is 0 Å². The molecule has 7 heteroatoms. The number of hydrogen-bond donors (Lipinski definition) is 3. The normalized spacial score (nSPS) is 13.0. The number of carbonyl (C=O) groups is 1. The smallest absolute Gasteiger partial charge is 0.229 e. The van der Waals surface area contributed by atoms with E-state index in [0.29, 0.717) is 29.2 Å². The van der Waals surface area contributed by atoms with E-state index in [1.165, 1.54) is 0 Å². The molecule has 1 heterocycles. The van der Waals surface area contributed by atoms with Crippen molar-refractivity contribution in [3.05, 3.63) is 104 Å². The highest BCUT2D eigenvalue weighted by atomic mass is 127. The van der Waals surface area contributed by atoms with Gasteiger partial charge in [0.2, 0.25) is 5.91 Å². The number of carbonyl (C=O) groups excluding carboxylic acids is 1. The molecular weight excluding hydrogens is 539 g/mol. The summed E-state index contributed by atoms with van der Waals surface area (Å²) < 4.78 is 1.11. The lowest BCUT2D eigenvalue weighted by Crippen LogP contribution is -2.21. The number of nitrogens with one attached hydrogen (secondary N) is 1. The summed E-state index contributed by atoms with van der Waals surface area (Å²) in [4.78, 5) is 22.6. The van der Waals surface area contributed by atoms with Crippen molar-refractivity contribution in [3.8, 4) is 11.3 Å². The first kappa shape index (κ1) is 22.5. The van der Waals surface area contributed by atoms with Crippen LogP contribution in [0.3, 0.4) is 0 Å². The Morgan fingerprint density at radius 2 is 1.79 bits per heavy atom. The van der Waals surface area contributed by atoms with Gasteiger partial charge in [-0.2, -0.15) is 0 Å². The third-order valence-electron chi connectivity index (χ3n) is 5.92. The molecule has 6 nitrogen and oxygen atoms in total. The van der Waals surface area contributed by atoms with Crippen LogP contribution >= 0.6 is 22.6 Å². The van der Waals surface area contributed by atoms with E-state index >= 15 is 0 Å². The number of halogens is 1. The van der Waals surface area contributed by atoms with Crippen LogP contribution in [-0.2, 0) is 24.1 Å². The van der Waals surface area contributed by atoms with Crippen LogP contribution in [0.1, 0.15) is 34.2 Å². The van der Waals surface area contributed by atoms with Gasteiger partial charge in [0.15, 0.2) is 5.82 Å². The molecule has 0 aliphatic heterocycles. The second kappa shape index (κ2) is 9.52. The van der Waals surface area contributed by atoms with E-state index in [0.717, 1.165) is 38.1 Å². The molecule has 0 fully saturated rings. The lowest BCUT2D eigenvalue weighted by Gasteiger charge is -2.23. The van der Waals surface area contributed by atoms with Gasteiger partial charge in [-0.1, -0.05) is 48.5 Å². The monoisotopic (exact) mass is 562 g/mol. The summed E-state index contributed by atoms with van der Waals surface area (Å²) in [6.07, 6.45) is 0.643. The number of rotatable bonds is 5. The molecule has 1 aliphatic carbocycles. The molecule has 1 unspecified atom stereocenters. The number of aliphatic hydroxyl groups is 1. The van der Waals surface area contributed by atoms with Crippen molar-refractivity contribution in [2.24, 2.45) is 0 Å². The molecule has 170 valence electrons. The number of aryl methyl sites for hydroxylation is 2. The second-order valence-corrected chi connectivity index (χ2v) is 9.58. The van der Waals surface area contributed by atoms with E-state index in [9.17, 15) is 9.90 Å². The molecule has 3 aromatic carbocycles. The number of nitrogen functional groups attached to an aromatic ring is 1. The maximum atomic E-state index is 12.9. The average Bonchev–Trinajstić information content (AvgIpc) is 2.85. The quantitative estimate of drug-likeness (QED) is 0.242. The zero-order valence-corrected chi connectivity index (χ0v) is 20.5. The summed E-state index contributed by atoms with van der Waals surface area (Å²) in [7, 11) is 0. The van der Waals surface area contributed by atoms with Gasteiger partial charge in [-0.3, -0.25) is 4.79 Å². The summed E-state index contributed by atoms with van der Waals surface area (Å²) in [6, 6.07) is 22.8. The van der Waals surface area contributed by atoms with E-state index in [-0.39, 0.29) is 12.3 Å². The minimum atomic E-state index is -1.04. The van der Waals surface area contributed by atoms with Crippen LogP contribution in [0.4, 0.5) is 11.5 Å². The van der Waals surface area contributed by atoms with Crippen molar-refractivity contribution in [2.45, 2.75) is 25.4 Å². The van der Waals surface area contributed by atoms with Crippen molar-refractivity contribution >= 4 is 40.0 Å². The lowest BCUT2D eigenvalue weighted by atomic mass is 9.91. The van der Waals surface area contributed by atoms with E-state index < -0.39 is 6.10 Å². The average molecular weight is 562 g/mol. The summed E-state index contributed by atoms with van der Waals surface area (Å²) in [5, 5.41) is 14.1. The van der Waals surface area contributed by atoms with Gasteiger partial charge in [-0.05, 0) is 76.4 Å². The Morgan fingerprint density at radius 3 is 2.56 bits per heavy atom. The molecule has 4 aromatic rings. The molecule has 1 aromatic heterocycles. The van der Waals surface area contributed by atoms with Gasteiger partial charge in [0.05, 0.1) is 17.8 Å². The Balaban J connectivity index is 1.54. The van der Waals surface area contributed by atoms with Crippen LogP contribution < -0.4 is 11.1 Å². The lowest BCUT2D eigenvalue weighted by molar-refractivity contribution is -0.115. The first-order valence-corrected chi connectivity index (χ1v) is 12.1. The molecule has 5 rings (SSSR count). The van der Waals surface area contributed by atoms with Crippen molar-refractivity contribution in [1.82, 2.24) is 9.97 Å². The molecule has 0 bridgehead atoms. The topological polar surface area (TPSA) is 101 Å². The SMILES string of the molecule is Nc1ccc2c(c1)CCc1nc(NC(=O)Cc3ccc(I)cc3)c(C(O)c3ccccc3)nc1-2. The van der Waals surface area contributed by atoms with Gasteiger partial charge < -0.3 is 16.2 Å². The van der Waals surface area contributed by atoms with Gasteiger partial charge in [-0.25, -0.2) is 9.97 Å². The molecule has 0 saturated carbocycles. The Kier molecular flexibility index (Phi) is 6.30. The molecule has 0 spiro atoms. The Hall–Kier alpha value is -3.30. The summed E-state index contributed by atoms with van der Waals surface area (Å²) in [5.41, 5.74) is 12.2. The standard InChI is InChI=1S/C27H23IN4O2/c28-19-9-6-16(7-10-19)14-23(33)31-27-25(26(34)17-4-2-1-3-5-17)32-24-21-12-11-20(29)15-18(21)8-13-22(24)30-27/h1-7,9-12,15,26,34H,8,13-14,29H2,(H,30,31,33). The van der Waals surface area contributed by atoms with E-state index in [1.54, 1.807) is 0 Å². The van der Waals surface area contributed by atoms with Crippen LogP contribution in [-0.4, -0.2) is 21.0 Å². The van der Waals surface area contributed by atoms with Crippen LogP contribution in [0.5, 0.6) is 0 Å². The minimum absolute atomic E-state index is 0.207. The molecule has 0 radical (unpaired) electrons. The third kappa shape index (κ3) is 4.67. The van der Waals surface area contributed by atoms with Crippen LogP contribution in [0.2, 0.25) is 0 Å². The maximum Gasteiger partial charge on any atom is 0.229 e. The number of hydrogen-bond acceptors (Lipinski definition) is 5. The summed E-state index contributed by atoms with van der Waals surface area (Å²) >= 11 is 2.23. The van der Waals surface area contributed by atoms with E-state index in [4.69, 9.17) is 15.7 Å². The fourth-order valence-electron chi connectivity index (χ4n) is 4.22. The summed E-state index contributed by atoms with van der Waals surface area (Å²) in [5.74, 6) is 0.0884. The number of fused-ring (bicyclic) bond motifs is 3. The Labute approximate surface area is 211 Å². The van der Waals surface area contributed by atoms with Gasteiger partial charge in [0, 0.05) is 14.8 Å². The van der Waals surface area contributed by atoms with Crippen LogP contribution in [0.15, 0.2) is 72.8 Å². The predicted octanol–water partition coefficient (Wildman–Crippen LogP) is 4.69. The number of aromatic nitrogens is 2. The molecule has 34 heavy (non-hydrogen) atoms. The zero-order chi connectivity index (χ0) is 23.7. The number of amides is 1. The second-order valence-electron chi connectivity index (χ2n) is 8.33. The van der Waals surface area contributed by atoms with Crippen LogP contribution in [0.25, 0.3) is 11.3 Å². The predicted molar refractivity (Wildman–Crippen MR) is 141 cm³/mol. The molecule has 1 aliphatic rings. The number of benzene rings is 3. The van der Waals surface area contributed by atoms with Crippen molar-refractivity contribution in [3.63, 3.8) is 0 Å². The highest BCUT2D eigenvalue weighted by molar-refractivity contribution is 14.1. The van der Waals surface area contributed by atoms with Crippen molar-refractivity contribution in [2.75, 3.05) is 11.1 Å². The molecule has 0 saturated heterocycles. The highest BCUT2D eigenvalue weighted by Crippen LogP contribution is 2.36. The fourth-order valence-corrected chi connectivity index (χ4v) is 4.58. The number of aliphatic hydroxyl groups excluding tert-OH is 1. The first-order valence-electron chi connectivity index (χ1n) is 11.0. The molecular formula is C27H23IN4O2. The number of nitrogens with two attached hydrogens (primary N) is 1. The Morgan fingerprint density at radius 1 is 1.03 bits per heavy atom. The maximum absolute atomic E-state index is 12.9. The van der Waals surface area contributed by atoms with Crippen molar-refractivity contribution < 1.29 is 9.90 Å². The summed E-state index contributed by atoms with van der Waals surface area (Å²) in [6.45, 7) is 0. The molecule has 4 N–H and O–H groups in total. The molecule has 1 atom stereocenters. The number of anilines is 2. The van der Waals surface area contributed by atoms with Gasteiger partial charge >= 0.3 is 0 Å². The fraction of sp³-hybridized carbons (Fsp3) is 0.148. The minimum Gasteiger partial charge on any atom is -0.399 e. The highest BCUT2D eigenvalue weighted by Gasteiger charge is 2.26. The van der Waals surface area contributed by atoms with Gasteiger partial charge in [0.25, 0.3) is 0 Å². The van der Waals surface area contributed by atoms with E-state index in [2.05, 4.69) is 27.9 Å². The van der Waals surface area contributed by atoms with Crippen molar-refractivity contribution in [1.29, 1.82) is 0 Å². The zero-order valence-electron chi connectivity index (χ0n) is 18.3. The largest absolute Gasteiger partial charge is 0.399 e. The third-order valence-corrected chi connectivity index (χ3v) is 6.64. The van der Waals surface area contributed by atoms with Crippen LogP contribution in [0, 0.1) is 3.57 Å². The number of nitrogens with zero attached hydrogens (tertiary/aromatic N) is 2.